The SMILES string of the molecule is CNC(CCC1CC1)c1cc(Cl)ccc1Cl. The minimum atomic E-state index is 0.326. The Bertz CT molecular complexity index is 361. The fourth-order valence-corrected chi connectivity index (χ4v) is 2.48. The Labute approximate surface area is 107 Å². The van der Waals surface area contributed by atoms with E-state index in [9.17, 15) is 0 Å². The zero-order chi connectivity index (χ0) is 11.5. The Morgan fingerprint density at radius 2 is 2.12 bits per heavy atom. The van der Waals surface area contributed by atoms with E-state index < -0.39 is 0 Å². The van der Waals surface area contributed by atoms with Crippen molar-refractivity contribution in [3.05, 3.63) is 33.8 Å². The Balaban J connectivity index is 2.07. The maximum absolute atomic E-state index is 6.20. The van der Waals surface area contributed by atoms with Crippen LogP contribution in [0, 0.1) is 5.92 Å². The van der Waals surface area contributed by atoms with Crippen molar-refractivity contribution in [2.24, 2.45) is 5.92 Å². The van der Waals surface area contributed by atoms with Crippen LogP contribution in [-0.4, -0.2) is 7.05 Å². The first-order valence-corrected chi connectivity index (χ1v) is 6.58. The highest BCUT2D eigenvalue weighted by Gasteiger charge is 2.23. The highest BCUT2D eigenvalue weighted by Crippen LogP contribution is 2.37. The Kier molecular flexibility index (Phi) is 4.12. The molecule has 16 heavy (non-hydrogen) atoms. The molecular weight excluding hydrogens is 241 g/mol. The zero-order valence-electron chi connectivity index (χ0n) is 9.47. The molecule has 3 heteroatoms. The number of rotatable bonds is 5. The van der Waals surface area contributed by atoms with Crippen molar-refractivity contribution in [2.45, 2.75) is 31.7 Å². The molecule has 0 aromatic heterocycles. The van der Waals surface area contributed by atoms with E-state index in [2.05, 4.69) is 5.32 Å². The average molecular weight is 258 g/mol. The number of nitrogens with one attached hydrogen (secondary N) is 1. The largest absolute Gasteiger partial charge is 0.313 e. The molecular formula is C13H17Cl2N. The highest BCUT2D eigenvalue weighted by atomic mass is 35.5. The average Bonchev–Trinajstić information content (AvgIpc) is 3.07. The Hall–Kier alpha value is -0.240. The standard InChI is InChI=1S/C13H17Cl2N/c1-16-13(7-4-9-2-3-9)11-8-10(14)5-6-12(11)15/h5-6,8-9,13,16H,2-4,7H2,1H3. The smallest absolute Gasteiger partial charge is 0.0454 e. The molecule has 0 heterocycles. The lowest BCUT2D eigenvalue weighted by Crippen LogP contribution is -2.17. The van der Waals surface area contributed by atoms with Crippen LogP contribution < -0.4 is 5.32 Å². The van der Waals surface area contributed by atoms with Crippen LogP contribution in [0.2, 0.25) is 10.0 Å². The molecule has 1 N–H and O–H groups in total. The molecule has 0 saturated heterocycles. The quantitative estimate of drug-likeness (QED) is 0.823. The van der Waals surface area contributed by atoms with Gasteiger partial charge in [0.15, 0.2) is 0 Å². The third-order valence-electron chi connectivity index (χ3n) is 3.24. The lowest BCUT2D eigenvalue weighted by molar-refractivity contribution is 0.506. The second-order valence-corrected chi connectivity index (χ2v) is 5.37. The first-order valence-electron chi connectivity index (χ1n) is 5.83. The Morgan fingerprint density at radius 3 is 2.75 bits per heavy atom. The van der Waals surface area contributed by atoms with E-state index in [-0.39, 0.29) is 0 Å². The van der Waals surface area contributed by atoms with E-state index in [1.54, 1.807) is 0 Å². The summed E-state index contributed by atoms with van der Waals surface area (Å²) in [5, 5.41) is 4.89. The molecule has 1 atom stereocenters. The molecule has 0 amide bonds. The molecule has 1 aliphatic rings. The summed E-state index contributed by atoms with van der Waals surface area (Å²) in [4.78, 5) is 0. The molecule has 88 valence electrons. The molecule has 0 radical (unpaired) electrons. The van der Waals surface area contributed by atoms with Crippen LogP contribution in [0.4, 0.5) is 0 Å². The molecule has 1 aromatic rings. The van der Waals surface area contributed by atoms with Gasteiger partial charge in [0, 0.05) is 16.1 Å². The molecule has 2 rings (SSSR count). The van der Waals surface area contributed by atoms with Gasteiger partial charge in [0.2, 0.25) is 0 Å². The van der Waals surface area contributed by atoms with E-state index in [0.29, 0.717) is 6.04 Å². The van der Waals surface area contributed by atoms with Crippen LogP contribution in [-0.2, 0) is 0 Å². The molecule has 0 spiro atoms. The zero-order valence-corrected chi connectivity index (χ0v) is 11.0. The summed E-state index contributed by atoms with van der Waals surface area (Å²) in [6.45, 7) is 0. The second-order valence-electron chi connectivity index (χ2n) is 4.53. The second kappa shape index (κ2) is 5.39. The monoisotopic (exact) mass is 257 g/mol. The summed E-state index contributed by atoms with van der Waals surface area (Å²) >= 11 is 12.2. The van der Waals surface area contributed by atoms with Gasteiger partial charge in [0.25, 0.3) is 0 Å². The normalized spacial score (nSPS) is 17.4. The van der Waals surface area contributed by atoms with Gasteiger partial charge in [0.1, 0.15) is 0 Å². The predicted octanol–water partition coefficient (Wildman–Crippen LogP) is 4.44. The van der Waals surface area contributed by atoms with Crippen LogP contribution in [0.3, 0.4) is 0 Å². The minimum absolute atomic E-state index is 0.326. The van der Waals surface area contributed by atoms with Crippen molar-refractivity contribution in [3.63, 3.8) is 0 Å². The summed E-state index contributed by atoms with van der Waals surface area (Å²) < 4.78 is 0. The van der Waals surface area contributed by atoms with Crippen molar-refractivity contribution in [1.82, 2.24) is 5.32 Å². The van der Waals surface area contributed by atoms with Crippen molar-refractivity contribution in [2.75, 3.05) is 7.05 Å². The van der Waals surface area contributed by atoms with Gasteiger partial charge >= 0.3 is 0 Å². The maximum atomic E-state index is 6.20. The summed E-state index contributed by atoms with van der Waals surface area (Å²) in [7, 11) is 1.98. The first kappa shape index (κ1) is 12.2. The topological polar surface area (TPSA) is 12.0 Å². The fourth-order valence-electron chi connectivity index (χ4n) is 2.05. The summed E-state index contributed by atoms with van der Waals surface area (Å²) in [5.41, 5.74) is 1.12. The van der Waals surface area contributed by atoms with Crippen LogP contribution in [0.1, 0.15) is 37.3 Å². The number of hydrogen-bond donors (Lipinski definition) is 1. The van der Waals surface area contributed by atoms with Gasteiger partial charge in [-0.2, -0.15) is 0 Å². The summed E-state index contributed by atoms with van der Waals surface area (Å²) in [6, 6.07) is 6.01. The predicted molar refractivity (Wildman–Crippen MR) is 70.2 cm³/mol. The number of hydrogen-bond acceptors (Lipinski definition) is 1. The van der Waals surface area contributed by atoms with Gasteiger partial charge in [0.05, 0.1) is 0 Å². The van der Waals surface area contributed by atoms with Crippen LogP contribution >= 0.6 is 23.2 Å². The van der Waals surface area contributed by atoms with E-state index in [4.69, 9.17) is 23.2 Å². The molecule has 1 nitrogen and oxygen atoms in total. The Morgan fingerprint density at radius 1 is 1.38 bits per heavy atom. The van der Waals surface area contributed by atoms with Crippen molar-refractivity contribution in [3.8, 4) is 0 Å². The van der Waals surface area contributed by atoms with E-state index in [1.807, 2.05) is 25.2 Å². The molecule has 1 unspecified atom stereocenters. The van der Waals surface area contributed by atoms with Gasteiger partial charge in [-0.3, -0.25) is 0 Å². The summed E-state index contributed by atoms with van der Waals surface area (Å²) in [6.07, 6.45) is 5.23. The van der Waals surface area contributed by atoms with E-state index in [1.165, 1.54) is 19.3 Å². The lowest BCUT2D eigenvalue weighted by Gasteiger charge is -2.18. The van der Waals surface area contributed by atoms with Crippen LogP contribution in [0.15, 0.2) is 18.2 Å². The van der Waals surface area contributed by atoms with Crippen LogP contribution in [0.25, 0.3) is 0 Å². The van der Waals surface area contributed by atoms with Gasteiger partial charge in [-0.1, -0.05) is 36.0 Å². The van der Waals surface area contributed by atoms with Gasteiger partial charge < -0.3 is 5.32 Å². The van der Waals surface area contributed by atoms with E-state index >= 15 is 0 Å². The number of benzene rings is 1. The maximum Gasteiger partial charge on any atom is 0.0454 e. The first-order chi connectivity index (χ1) is 7.70. The van der Waals surface area contributed by atoms with Gasteiger partial charge in [-0.05, 0) is 49.6 Å². The molecule has 0 aliphatic heterocycles. The van der Waals surface area contributed by atoms with Gasteiger partial charge in [-0.15, -0.1) is 0 Å². The third-order valence-corrected chi connectivity index (χ3v) is 3.82. The third kappa shape index (κ3) is 3.13. The van der Waals surface area contributed by atoms with E-state index in [0.717, 1.165) is 27.9 Å². The molecule has 1 saturated carbocycles. The van der Waals surface area contributed by atoms with Crippen molar-refractivity contribution < 1.29 is 0 Å². The van der Waals surface area contributed by atoms with Crippen molar-refractivity contribution >= 4 is 23.2 Å². The molecule has 1 fully saturated rings. The highest BCUT2D eigenvalue weighted by molar-refractivity contribution is 6.33. The fraction of sp³-hybridized carbons (Fsp3) is 0.538. The van der Waals surface area contributed by atoms with Crippen LogP contribution in [0.5, 0.6) is 0 Å². The molecule has 0 bridgehead atoms. The number of halogens is 2. The minimum Gasteiger partial charge on any atom is -0.313 e. The molecule has 1 aromatic carbocycles. The van der Waals surface area contributed by atoms with Crippen molar-refractivity contribution in [1.29, 1.82) is 0 Å². The van der Waals surface area contributed by atoms with Gasteiger partial charge in [-0.25, -0.2) is 0 Å². The molecule has 1 aliphatic carbocycles. The summed E-state index contributed by atoms with van der Waals surface area (Å²) in [5.74, 6) is 0.953. The lowest BCUT2D eigenvalue weighted by atomic mass is 10.0.